The predicted octanol–water partition coefficient (Wildman–Crippen LogP) is 4.73. The first-order valence-electron chi connectivity index (χ1n) is 9.15. The van der Waals surface area contributed by atoms with Crippen molar-refractivity contribution >= 4 is 11.6 Å². The van der Waals surface area contributed by atoms with E-state index in [2.05, 4.69) is 10.4 Å². The summed E-state index contributed by atoms with van der Waals surface area (Å²) in [6, 6.07) is 13.3. The Morgan fingerprint density at radius 1 is 1.18 bits per heavy atom. The van der Waals surface area contributed by atoms with Crippen molar-refractivity contribution in [3.63, 3.8) is 0 Å². The van der Waals surface area contributed by atoms with Gasteiger partial charge < -0.3 is 10.1 Å². The second-order valence-electron chi connectivity index (χ2n) is 6.93. The number of carbonyl (C=O) groups is 1. The summed E-state index contributed by atoms with van der Waals surface area (Å²) in [6.45, 7) is 7.83. The molecule has 0 aliphatic carbocycles. The third-order valence-electron chi connectivity index (χ3n) is 4.54. The first-order valence-corrected chi connectivity index (χ1v) is 9.15. The van der Waals surface area contributed by atoms with E-state index < -0.39 is 6.04 Å². The second-order valence-corrected chi connectivity index (χ2v) is 6.93. The predicted molar refractivity (Wildman–Crippen MR) is 107 cm³/mol. The van der Waals surface area contributed by atoms with E-state index in [1.165, 1.54) is 12.1 Å². The van der Waals surface area contributed by atoms with E-state index in [0.29, 0.717) is 5.75 Å². The Labute approximate surface area is 164 Å². The maximum atomic E-state index is 13.2. The molecule has 3 aromatic rings. The average molecular weight is 381 g/mol. The molecule has 0 aliphatic heterocycles. The number of nitrogens with one attached hydrogen (secondary N) is 1. The van der Waals surface area contributed by atoms with Gasteiger partial charge in [0.25, 0.3) is 0 Å². The highest BCUT2D eigenvalue weighted by molar-refractivity contribution is 5.94. The summed E-state index contributed by atoms with van der Waals surface area (Å²) in [5, 5.41) is 7.33. The summed E-state index contributed by atoms with van der Waals surface area (Å²) >= 11 is 0. The zero-order chi connectivity index (χ0) is 20.3. The standard InChI is InChI=1S/C22H24FN3O2/c1-14-10-20(28-13-18-6-5-7-19(23)12-18)8-9-21(14)24-22(27)17(4)26-16(3)11-15(2)25-26/h5-12,17H,13H2,1-4H3,(H,24,27). The molecule has 0 bridgehead atoms. The molecule has 0 saturated heterocycles. The van der Waals surface area contributed by atoms with Crippen LogP contribution >= 0.6 is 0 Å². The van der Waals surface area contributed by atoms with E-state index in [9.17, 15) is 9.18 Å². The molecule has 2 aromatic carbocycles. The average Bonchev–Trinajstić information content (AvgIpc) is 2.99. The van der Waals surface area contributed by atoms with Gasteiger partial charge in [0.05, 0.1) is 5.69 Å². The summed E-state index contributed by atoms with van der Waals surface area (Å²) < 4.78 is 20.7. The van der Waals surface area contributed by atoms with Gasteiger partial charge in [0.2, 0.25) is 5.91 Å². The highest BCUT2D eigenvalue weighted by Crippen LogP contribution is 2.23. The maximum Gasteiger partial charge on any atom is 0.248 e. The molecule has 5 nitrogen and oxygen atoms in total. The van der Waals surface area contributed by atoms with Gasteiger partial charge in [-0.15, -0.1) is 0 Å². The number of halogens is 1. The third-order valence-corrected chi connectivity index (χ3v) is 4.54. The van der Waals surface area contributed by atoms with Crippen LogP contribution in [0.3, 0.4) is 0 Å². The first kappa shape index (κ1) is 19.6. The van der Waals surface area contributed by atoms with Crippen molar-refractivity contribution in [3.05, 3.63) is 76.9 Å². The van der Waals surface area contributed by atoms with Gasteiger partial charge in [0, 0.05) is 11.4 Å². The highest BCUT2D eigenvalue weighted by atomic mass is 19.1. The van der Waals surface area contributed by atoms with E-state index in [-0.39, 0.29) is 18.3 Å². The summed E-state index contributed by atoms with van der Waals surface area (Å²) in [5.74, 6) is 0.237. The van der Waals surface area contributed by atoms with E-state index in [1.54, 1.807) is 16.8 Å². The molecule has 0 radical (unpaired) electrons. The number of amides is 1. The molecule has 28 heavy (non-hydrogen) atoms. The monoisotopic (exact) mass is 381 g/mol. The molecule has 3 rings (SSSR count). The molecule has 6 heteroatoms. The van der Waals surface area contributed by atoms with Gasteiger partial charge in [-0.1, -0.05) is 12.1 Å². The van der Waals surface area contributed by atoms with Crippen LogP contribution in [0.15, 0.2) is 48.5 Å². The number of aryl methyl sites for hydroxylation is 3. The van der Waals surface area contributed by atoms with Crippen LogP contribution in [0.2, 0.25) is 0 Å². The van der Waals surface area contributed by atoms with Crippen molar-refractivity contribution in [1.82, 2.24) is 9.78 Å². The van der Waals surface area contributed by atoms with Crippen molar-refractivity contribution in [1.29, 1.82) is 0 Å². The van der Waals surface area contributed by atoms with Crippen molar-refractivity contribution in [3.8, 4) is 5.75 Å². The number of hydrogen-bond acceptors (Lipinski definition) is 3. The Bertz CT molecular complexity index is 997. The fraction of sp³-hybridized carbons (Fsp3) is 0.273. The molecular formula is C22H24FN3O2. The van der Waals surface area contributed by atoms with E-state index >= 15 is 0 Å². The largest absolute Gasteiger partial charge is 0.489 e. The fourth-order valence-electron chi connectivity index (χ4n) is 3.05. The van der Waals surface area contributed by atoms with Gasteiger partial charge in [0.15, 0.2) is 0 Å². The number of aromatic nitrogens is 2. The molecule has 1 amide bonds. The van der Waals surface area contributed by atoms with Crippen LogP contribution < -0.4 is 10.1 Å². The topological polar surface area (TPSA) is 56.2 Å². The molecule has 146 valence electrons. The number of carbonyl (C=O) groups excluding carboxylic acids is 1. The van der Waals surface area contributed by atoms with E-state index in [4.69, 9.17) is 4.74 Å². The van der Waals surface area contributed by atoms with Crippen molar-refractivity contribution in [2.45, 2.75) is 40.3 Å². The van der Waals surface area contributed by atoms with Crippen LogP contribution in [0.5, 0.6) is 5.75 Å². The number of ether oxygens (including phenoxy) is 1. The first-order chi connectivity index (χ1) is 13.3. The van der Waals surface area contributed by atoms with Crippen LogP contribution in [0.1, 0.15) is 35.5 Å². The number of nitrogens with zero attached hydrogens (tertiary/aromatic N) is 2. The van der Waals surface area contributed by atoms with Gasteiger partial charge in [-0.05, 0) is 75.2 Å². The minimum Gasteiger partial charge on any atom is -0.489 e. The lowest BCUT2D eigenvalue weighted by Crippen LogP contribution is -2.25. The smallest absolute Gasteiger partial charge is 0.248 e. The van der Waals surface area contributed by atoms with Crippen molar-refractivity contribution in [2.75, 3.05) is 5.32 Å². The number of benzene rings is 2. The zero-order valence-electron chi connectivity index (χ0n) is 16.5. The van der Waals surface area contributed by atoms with E-state index in [0.717, 1.165) is 28.2 Å². The minimum absolute atomic E-state index is 0.136. The molecule has 1 unspecified atom stereocenters. The Kier molecular flexibility index (Phi) is 5.78. The molecule has 0 saturated carbocycles. The summed E-state index contributed by atoms with van der Waals surface area (Å²) in [6.07, 6.45) is 0. The number of anilines is 1. The number of rotatable bonds is 6. The van der Waals surface area contributed by atoms with Gasteiger partial charge in [-0.25, -0.2) is 4.39 Å². The Balaban J connectivity index is 1.65. The van der Waals surface area contributed by atoms with Gasteiger partial charge in [0.1, 0.15) is 24.2 Å². The third kappa shape index (κ3) is 4.57. The highest BCUT2D eigenvalue weighted by Gasteiger charge is 2.18. The lowest BCUT2D eigenvalue weighted by molar-refractivity contribution is -0.119. The zero-order valence-corrected chi connectivity index (χ0v) is 16.5. The molecule has 1 N–H and O–H groups in total. The Morgan fingerprint density at radius 2 is 1.96 bits per heavy atom. The summed E-state index contributed by atoms with van der Waals surface area (Å²) in [4.78, 5) is 12.6. The maximum absolute atomic E-state index is 13.2. The number of hydrogen-bond donors (Lipinski definition) is 1. The molecule has 1 atom stereocenters. The normalized spacial score (nSPS) is 11.9. The van der Waals surface area contributed by atoms with Crippen molar-refractivity contribution < 1.29 is 13.9 Å². The molecule has 0 fully saturated rings. The molecule has 0 aliphatic rings. The van der Waals surface area contributed by atoms with Crippen LogP contribution in [0.4, 0.5) is 10.1 Å². The van der Waals surface area contributed by atoms with Crippen molar-refractivity contribution in [2.24, 2.45) is 0 Å². The molecule has 1 heterocycles. The van der Waals surface area contributed by atoms with Crippen LogP contribution in [0.25, 0.3) is 0 Å². The van der Waals surface area contributed by atoms with Gasteiger partial charge in [-0.2, -0.15) is 5.10 Å². The van der Waals surface area contributed by atoms with Crippen LogP contribution in [0, 0.1) is 26.6 Å². The lowest BCUT2D eigenvalue weighted by atomic mass is 10.1. The molecule has 0 spiro atoms. The fourth-order valence-corrected chi connectivity index (χ4v) is 3.05. The summed E-state index contributed by atoms with van der Waals surface area (Å²) in [7, 11) is 0. The van der Waals surface area contributed by atoms with Gasteiger partial charge >= 0.3 is 0 Å². The van der Waals surface area contributed by atoms with E-state index in [1.807, 2.05) is 52.0 Å². The Morgan fingerprint density at radius 3 is 2.61 bits per heavy atom. The second kappa shape index (κ2) is 8.25. The quantitative estimate of drug-likeness (QED) is 0.672. The summed E-state index contributed by atoms with van der Waals surface area (Å²) in [5.41, 5.74) is 4.18. The lowest BCUT2D eigenvalue weighted by Gasteiger charge is -2.16. The Hall–Kier alpha value is -3.15. The van der Waals surface area contributed by atoms with Crippen LogP contribution in [-0.2, 0) is 11.4 Å². The van der Waals surface area contributed by atoms with Gasteiger partial charge in [-0.3, -0.25) is 9.48 Å². The van der Waals surface area contributed by atoms with Crippen LogP contribution in [-0.4, -0.2) is 15.7 Å². The SMILES string of the molecule is Cc1cc(C)n(C(C)C(=O)Nc2ccc(OCc3cccc(F)c3)cc2C)n1. The minimum atomic E-state index is -0.419. The molecule has 1 aromatic heterocycles. The molecular weight excluding hydrogens is 357 g/mol.